The van der Waals surface area contributed by atoms with Crippen molar-refractivity contribution < 1.29 is 37.2 Å². The Hall–Kier alpha value is -4.46. The van der Waals surface area contributed by atoms with Gasteiger partial charge in [0, 0.05) is 0 Å². The zero-order chi connectivity index (χ0) is 29.8. The number of hydrogen-bond acceptors (Lipinski definition) is 6. The Morgan fingerprint density at radius 2 is 0.951 bits per heavy atom. The highest BCUT2D eigenvalue weighted by Crippen LogP contribution is 2.32. The summed E-state index contributed by atoms with van der Waals surface area (Å²) in [4.78, 5) is 0. The lowest BCUT2D eigenvalue weighted by atomic mass is 10.2. The van der Waals surface area contributed by atoms with Crippen LogP contribution < -0.4 is 28.4 Å². The van der Waals surface area contributed by atoms with Crippen LogP contribution in [0.3, 0.4) is 0 Å². The van der Waals surface area contributed by atoms with E-state index in [9.17, 15) is 8.78 Å². The molecule has 0 spiro atoms. The van der Waals surface area contributed by atoms with E-state index in [0.717, 1.165) is 52.2 Å². The van der Waals surface area contributed by atoms with Crippen molar-refractivity contribution in [3.05, 3.63) is 107 Å². The Morgan fingerprint density at radius 1 is 0.488 bits per heavy atom. The second kappa shape index (κ2) is 15.4. The SMILES string of the molecule is COc1ccc(C)cc1OC.Cc1ccc(F)c(F)c1.Cc1ccc2c(c1)OCCO2.Cc1ccc2c(c1)OCO2. The highest BCUT2D eigenvalue weighted by molar-refractivity contribution is 5.44. The van der Waals surface area contributed by atoms with Gasteiger partial charge in [0.25, 0.3) is 0 Å². The maximum atomic E-state index is 12.2. The van der Waals surface area contributed by atoms with Gasteiger partial charge in [0.2, 0.25) is 6.79 Å². The summed E-state index contributed by atoms with van der Waals surface area (Å²) in [5.41, 5.74) is 4.30. The second-order valence-corrected chi connectivity index (χ2v) is 9.28. The van der Waals surface area contributed by atoms with Crippen molar-refractivity contribution >= 4 is 0 Å². The first-order valence-corrected chi connectivity index (χ1v) is 13.0. The van der Waals surface area contributed by atoms with Crippen LogP contribution in [0.15, 0.2) is 72.8 Å². The molecular weight excluding hydrogens is 530 g/mol. The van der Waals surface area contributed by atoms with E-state index in [1.165, 1.54) is 22.8 Å². The van der Waals surface area contributed by atoms with Gasteiger partial charge in [0.15, 0.2) is 46.1 Å². The molecule has 8 heteroatoms. The molecule has 4 aromatic rings. The molecule has 2 aliphatic heterocycles. The number of ether oxygens (including phenoxy) is 6. The van der Waals surface area contributed by atoms with Crippen molar-refractivity contribution in [2.24, 2.45) is 0 Å². The number of aryl methyl sites for hydroxylation is 4. The second-order valence-electron chi connectivity index (χ2n) is 9.28. The first kappa shape index (κ1) is 31.1. The molecule has 2 aliphatic rings. The van der Waals surface area contributed by atoms with Crippen molar-refractivity contribution in [1.82, 2.24) is 0 Å². The van der Waals surface area contributed by atoms with Crippen LogP contribution >= 0.6 is 0 Å². The lowest BCUT2D eigenvalue weighted by Crippen LogP contribution is -2.15. The van der Waals surface area contributed by atoms with Gasteiger partial charge in [-0.3, -0.25) is 0 Å². The van der Waals surface area contributed by atoms with E-state index in [0.29, 0.717) is 20.0 Å². The fourth-order valence-electron chi connectivity index (χ4n) is 3.70. The minimum absolute atomic E-state index is 0.360. The van der Waals surface area contributed by atoms with E-state index in [1.54, 1.807) is 21.1 Å². The zero-order valence-corrected chi connectivity index (χ0v) is 24.3. The van der Waals surface area contributed by atoms with Gasteiger partial charge < -0.3 is 28.4 Å². The van der Waals surface area contributed by atoms with E-state index in [4.69, 9.17) is 28.4 Å². The van der Waals surface area contributed by atoms with E-state index >= 15 is 0 Å². The van der Waals surface area contributed by atoms with Gasteiger partial charge in [0.05, 0.1) is 14.2 Å². The number of rotatable bonds is 2. The van der Waals surface area contributed by atoms with Crippen molar-refractivity contribution in [1.29, 1.82) is 0 Å². The average Bonchev–Trinajstić information content (AvgIpc) is 3.44. The summed E-state index contributed by atoms with van der Waals surface area (Å²) in [5, 5.41) is 0. The average molecular weight is 567 g/mol. The standard InChI is InChI=1S/C9H10O2.C9H12O2.C8H8O2.C7H6F2/c1-7-2-3-8-9(6-7)11-5-4-10-8;1-7-4-5-8(10-2)9(6-7)11-3;1-6-2-3-7-8(4-6)10-5-9-7;1-5-2-3-6(8)7(9)4-5/h2-3,6H,4-5H2,1H3;4-6H,1-3H3;2-4H,5H2,1H3;2-4H,1H3. The molecule has 0 amide bonds. The molecule has 0 saturated heterocycles. The van der Waals surface area contributed by atoms with Gasteiger partial charge in [-0.1, -0.05) is 24.3 Å². The van der Waals surface area contributed by atoms with E-state index in [1.807, 2.05) is 75.4 Å². The fraction of sp³-hybridized carbons (Fsp3) is 0.273. The van der Waals surface area contributed by atoms with Crippen LogP contribution in [0.5, 0.6) is 34.5 Å². The van der Waals surface area contributed by atoms with Crippen LogP contribution in [0.1, 0.15) is 22.3 Å². The quantitative estimate of drug-likeness (QED) is 0.247. The third-order valence-electron chi connectivity index (χ3n) is 5.84. The predicted molar refractivity (Wildman–Crippen MR) is 155 cm³/mol. The summed E-state index contributed by atoms with van der Waals surface area (Å²) >= 11 is 0. The van der Waals surface area contributed by atoms with Gasteiger partial charge >= 0.3 is 0 Å². The monoisotopic (exact) mass is 566 g/mol. The van der Waals surface area contributed by atoms with Gasteiger partial charge in [-0.25, -0.2) is 8.78 Å². The first-order chi connectivity index (χ1) is 19.7. The maximum Gasteiger partial charge on any atom is 0.231 e. The van der Waals surface area contributed by atoms with E-state index < -0.39 is 11.6 Å². The minimum atomic E-state index is -0.791. The molecule has 4 aromatic carbocycles. The largest absolute Gasteiger partial charge is 0.493 e. The highest BCUT2D eigenvalue weighted by Gasteiger charge is 2.11. The van der Waals surface area contributed by atoms with Gasteiger partial charge in [-0.15, -0.1) is 0 Å². The van der Waals surface area contributed by atoms with Crippen LogP contribution in [0, 0.1) is 39.3 Å². The van der Waals surface area contributed by atoms with Crippen LogP contribution in [-0.4, -0.2) is 34.2 Å². The van der Waals surface area contributed by atoms with Crippen molar-refractivity contribution in [3.8, 4) is 34.5 Å². The summed E-state index contributed by atoms with van der Waals surface area (Å²) in [7, 11) is 3.27. The third kappa shape index (κ3) is 9.60. The molecule has 0 aliphatic carbocycles. The summed E-state index contributed by atoms with van der Waals surface area (Å²) in [6.45, 7) is 9.48. The van der Waals surface area contributed by atoms with Gasteiger partial charge in [0.1, 0.15) is 13.2 Å². The summed E-state index contributed by atoms with van der Waals surface area (Å²) in [6, 6.07) is 21.5. The maximum absolute atomic E-state index is 12.2. The molecule has 0 fully saturated rings. The number of hydrogen-bond donors (Lipinski definition) is 0. The van der Waals surface area contributed by atoms with Crippen LogP contribution in [0.4, 0.5) is 8.78 Å². The molecule has 0 aromatic heterocycles. The van der Waals surface area contributed by atoms with E-state index in [-0.39, 0.29) is 0 Å². The Balaban J connectivity index is 0.000000151. The van der Waals surface area contributed by atoms with E-state index in [2.05, 4.69) is 0 Å². The number of fused-ring (bicyclic) bond motifs is 2. The molecule has 0 radical (unpaired) electrons. The zero-order valence-electron chi connectivity index (χ0n) is 24.3. The molecule has 6 nitrogen and oxygen atoms in total. The molecule has 0 unspecified atom stereocenters. The molecule has 6 rings (SSSR count). The molecule has 218 valence electrons. The van der Waals surface area contributed by atoms with Crippen LogP contribution in [-0.2, 0) is 0 Å². The molecule has 41 heavy (non-hydrogen) atoms. The van der Waals surface area contributed by atoms with Gasteiger partial charge in [-0.05, 0) is 98.5 Å². The molecule has 0 atom stereocenters. The Bertz CT molecular complexity index is 1390. The summed E-state index contributed by atoms with van der Waals surface area (Å²) < 4.78 is 55.5. The van der Waals surface area contributed by atoms with Crippen LogP contribution in [0.2, 0.25) is 0 Å². The lowest BCUT2D eigenvalue weighted by molar-refractivity contribution is 0.171. The Labute approximate surface area is 240 Å². The highest BCUT2D eigenvalue weighted by atomic mass is 19.2. The molecule has 0 N–H and O–H groups in total. The number of benzene rings is 4. The Kier molecular flexibility index (Phi) is 11.6. The number of halogens is 2. The topological polar surface area (TPSA) is 55.4 Å². The molecule has 0 saturated carbocycles. The lowest BCUT2D eigenvalue weighted by Gasteiger charge is -2.18. The summed E-state index contributed by atoms with van der Waals surface area (Å²) in [6.07, 6.45) is 0. The Morgan fingerprint density at radius 3 is 1.54 bits per heavy atom. The summed E-state index contributed by atoms with van der Waals surface area (Å²) in [5.74, 6) is 3.44. The van der Waals surface area contributed by atoms with Crippen molar-refractivity contribution in [2.45, 2.75) is 27.7 Å². The molecule has 2 heterocycles. The first-order valence-electron chi connectivity index (χ1n) is 13.0. The molecule has 0 bridgehead atoms. The van der Waals surface area contributed by atoms with Crippen LogP contribution in [0.25, 0.3) is 0 Å². The normalized spacial score (nSPS) is 11.9. The fourth-order valence-corrected chi connectivity index (χ4v) is 3.70. The van der Waals surface area contributed by atoms with Gasteiger partial charge in [-0.2, -0.15) is 0 Å². The van der Waals surface area contributed by atoms with Crippen molar-refractivity contribution in [3.63, 3.8) is 0 Å². The predicted octanol–water partition coefficient (Wildman–Crippen LogP) is 7.78. The minimum Gasteiger partial charge on any atom is -0.493 e. The third-order valence-corrected chi connectivity index (χ3v) is 5.84. The smallest absolute Gasteiger partial charge is 0.231 e. The van der Waals surface area contributed by atoms with Crippen molar-refractivity contribution in [2.75, 3.05) is 34.2 Å². The number of methoxy groups -OCH3 is 2. The molecular formula is C33H36F2O6.